The molecule has 1 N–H and O–H groups in total. The third-order valence-electron chi connectivity index (χ3n) is 9.65. The Morgan fingerprint density at radius 1 is 1.04 bits per heavy atom. The van der Waals surface area contributed by atoms with E-state index in [2.05, 4.69) is 22.1 Å². The zero-order valence-corrected chi connectivity index (χ0v) is 28.5. The van der Waals surface area contributed by atoms with Gasteiger partial charge in [0, 0.05) is 49.4 Å². The minimum absolute atomic E-state index is 0.114. The van der Waals surface area contributed by atoms with Gasteiger partial charge in [0.25, 0.3) is 11.8 Å². The Morgan fingerprint density at radius 2 is 1.79 bits per heavy atom. The number of likely N-dealkylation sites (N-methyl/N-ethyl adjacent to an activating group) is 1. The molecular formula is C35H44N6O5S. The number of carbonyl (C=O) groups is 2. The van der Waals surface area contributed by atoms with Crippen molar-refractivity contribution in [2.45, 2.75) is 64.3 Å². The number of sulfonamides is 1. The third kappa shape index (κ3) is 6.63. The van der Waals surface area contributed by atoms with Crippen molar-refractivity contribution in [1.82, 2.24) is 24.3 Å². The first-order valence-electron chi connectivity index (χ1n) is 16.7. The van der Waals surface area contributed by atoms with E-state index in [1.807, 2.05) is 30.7 Å². The highest BCUT2D eigenvalue weighted by Crippen LogP contribution is 2.38. The fraction of sp³-hybridized carbons (Fsp3) is 0.486. The van der Waals surface area contributed by atoms with Gasteiger partial charge in [0.05, 0.1) is 40.7 Å². The number of carbonyl (C=O) groups excluding carboxylic acids is 2. The number of fused-ring (bicyclic) bond motifs is 1. The van der Waals surface area contributed by atoms with E-state index >= 15 is 0 Å². The van der Waals surface area contributed by atoms with Crippen LogP contribution < -0.4 is 10.1 Å². The highest BCUT2D eigenvalue weighted by molar-refractivity contribution is 7.89. The van der Waals surface area contributed by atoms with Crippen molar-refractivity contribution >= 4 is 38.5 Å². The number of aliphatic imine (C=N–C) groups is 1. The monoisotopic (exact) mass is 660 g/mol. The molecule has 47 heavy (non-hydrogen) atoms. The van der Waals surface area contributed by atoms with Crippen LogP contribution in [0.25, 0.3) is 22.0 Å². The second kappa shape index (κ2) is 13.7. The Kier molecular flexibility index (Phi) is 9.63. The van der Waals surface area contributed by atoms with Crippen molar-refractivity contribution in [2.24, 2.45) is 10.9 Å². The van der Waals surface area contributed by atoms with Crippen LogP contribution in [-0.2, 0) is 14.8 Å². The number of hydrogen-bond donors (Lipinski definition) is 1. The first-order valence-corrected chi connectivity index (χ1v) is 18.1. The molecular weight excluding hydrogens is 616 g/mol. The number of ether oxygens (including phenoxy) is 1. The summed E-state index contributed by atoms with van der Waals surface area (Å²) in [6.07, 6.45) is 7.83. The standard InChI is InChI=1S/C35H44N6O5S/c1-5-39-13-15-40(16-14-39)47(44,45)27-11-12-33(46-6-2)28(20-27)25-18-29(31-22-37-41(32(31)19-25)26-9-7-8-10-26)34(42)36-21-30-23(3)17-24(4)38-35(30)43/h11-12,17-20,22,26,30H,5-10,13-16,21H2,1-4H3,(H,36,42). The molecule has 3 heterocycles. The number of nitrogens with one attached hydrogen (secondary N) is 1. The smallest absolute Gasteiger partial charge is 0.254 e. The summed E-state index contributed by atoms with van der Waals surface area (Å²) >= 11 is 0. The molecule has 2 aromatic carbocycles. The summed E-state index contributed by atoms with van der Waals surface area (Å²) in [6, 6.07) is 8.96. The van der Waals surface area contributed by atoms with Crippen molar-refractivity contribution in [3.8, 4) is 16.9 Å². The Hall–Kier alpha value is -3.87. The van der Waals surface area contributed by atoms with Crippen LogP contribution in [0.1, 0.15) is 69.8 Å². The largest absolute Gasteiger partial charge is 0.493 e. The lowest BCUT2D eigenvalue weighted by Gasteiger charge is -2.33. The lowest BCUT2D eigenvalue weighted by Crippen LogP contribution is -2.48. The van der Waals surface area contributed by atoms with Crippen molar-refractivity contribution in [1.29, 1.82) is 0 Å². The van der Waals surface area contributed by atoms with Gasteiger partial charge in [-0.2, -0.15) is 9.40 Å². The van der Waals surface area contributed by atoms with Crippen LogP contribution in [0.5, 0.6) is 5.75 Å². The van der Waals surface area contributed by atoms with E-state index in [0.29, 0.717) is 66.3 Å². The first-order chi connectivity index (χ1) is 22.6. The van der Waals surface area contributed by atoms with Crippen LogP contribution in [0.15, 0.2) is 58.1 Å². The SMILES string of the molecule is CCOc1ccc(S(=O)(=O)N2CCN(CC)CC2)cc1-c1cc(C(=O)NCC2C(=O)N=C(C)C=C2C)c2cnn(C3CCCC3)c2c1. The molecule has 12 heteroatoms. The summed E-state index contributed by atoms with van der Waals surface area (Å²) in [5.41, 5.74) is 3.95. The molecule has 250 valence electrons. The summed E-state index contributed by atoms with van der Waals surface area (Å²) < 4.78 is 37.3. The molecule has 11 nitrogen and oxygen atoms in total. The Balaban J connectivity index is 1.41. The number of dihydropyridines is 1. The molecule has 3 aromatic rings. The number of aromatic nitrogens is 2. The Morgan fingerprint density at radius 3 is 2.47 bits per heavy atom. The molecule has 0 spiro atoms. The fourth-order valence-electron chi connectivity index (χ4n) is 6.99. The molecule has 2 aliphatic heterocycles. The first kappa shape index (κ1) is 33.0. The van der Waals surface area contributed by atoms with Crippen LogP contribution >= 0.6 is 0 Å². The van der Waals surface area contributed by atoms with Gasteiger partial charge >= 0.3 is 0 Å². The fourth-order valence-corrected chi connectivity index (χ4v) is 8.44. The predicted molar refractivity (Wildman–Crippen MR) is 182 cm³/mol. The maximum atomic E-state index is 13.9. The molecule has 6 rings (SSSR count). The van der Waals surface area contributed by atoms with E-state index < -0.39 is 15.9 Å². The van der Waals surface area contributed by atoms with Crippen LogP contribution in [0, 0.1) is 5.92 Å². The summed E-state index contributed by atoms with van der Waals surface area (Å²) in [7, 11) is -3.76. The molecule has 1 aromatic heterocycles. The van der Waals surface area contributed by atoms with Gasteiger partial charge in [0.15, 0.2) is 0 Å². The highest BCUT2D eigenvalue weighted by atomic mass is 32.2. The summed E-state index contributed by atoms with van der Waals surface area (Å²) in [4.78, 5) is 33.1. The quantitative estimate of drug-likeness (QED) is 0.330. The molecule has 3 aliphatic rings. The van der Waals surface area contributed by atoms with E-state index in [1.54, 1.807) is 41.7 Å². The lowest BCUT2D eigenvalue weighted by molar-refractivity contribution is -0.120. The number of allylic oxidation sites excluding steroid dienone is 1. The van der Waals surface area contributed by atoms with E-state index in [1.165, 1.54) is 0 Å². The van der Waals surface area contributed by atoms with Crippen LogP contribution in [-0.4, -0.2) is 90.8 Å². The number of nitrogens with zero attached hydrogens (tertiary/aromatic N) is 5. The van der Waals surface area contributed by atoms with E-state index in [9.17, 15) is 18.0 Å². The molecule has 1 aliphatic carbocycles. The second-order valence-electron chi connectivity index (χ2n) is 12.7. The average molecular weight is 661 g/mol. The molecule has 2 amide bonds. The summed E-state index contributed by atoms with van der Waals surface area (Å²) in [5.74, 6) is -0.619. The number of amides is 2. The molecule has 0 radical (unpaired) electrons. The normalized spacial score (nSPS) is 20.0. The Labute approximate surface area is 276 Å². The van der Waals surface area contributed by atoms with Crippen LogP contribution in [0.3, 0.4) is 0 Å². The molecule has 1 unspecified atom stereocenters. The lowest BCUT2D eigenvalue weighted by atomic mass is 9.95. The van der Waals surface area contributed by atoms with Gasteiger partial charge in [-0.3, -0.25) is 14.3 Å². The molecule has 1 saturated heterocycles. The summed E-state index contributed by atoms with van der Waals surface area (Å²) in [5, 5.41) is 8.42. The van der Waals surface area contributed by atoms with Gasteiger partial charge in [-0.25, -0.2) is 13.4 Å². The van der Waals surface area contributed by atoms with E-state index in [-0.39, 0.29) is 29.3 Å². The zero-order chi connectivity index (χ0) is 33.3. The maximum absolute atomic E-state index is 13.9. The van der Waals surface area contributed by atoms with Crippen LogP contribution in [0.4, 0.5) is 0 Å². The predicted octanol–water partition coefficient (Wildman–Crippen LogP) is 4.84. The Bertz CT molecular complexity index is 1850. The molecule has 1 saturated carbocycles. The van der Waals surface area contributed by atoms with Gasteiger partial charge < -0.3 is 15.0 Å². The van der Waals surface area contributed by atoms with Crippen molar-refractivity contribution in [2.75, 3.05) is 45.9 Å². The minimum Gasteiger partial charge on any atom is -0.493 e. The zero-order valence-electron chi connectivity index (χ0n) is 27.7. The second-order valence-corrected chi connectivity index (χ2v) is 14.6. The van der Waals surface area contributed by atoms with Gasteiger partial charge in [0.2, 0.25) is 10.0 Å². The van der Waals surface area contributed by atoms with Gasteiger partial charge in [-0.1, -0.05) is 25.3 Å². The third-order valence-corrected chi connectivity index (χ3v) is 11.5. The molecule has 1 atom stereocenters. The van der Waals surface area contributed by atoms with Crippen molar-refractivity contribution in [3.05, 3.63) is 53.7 Å². The maximum Gasteiger partial charge on any atom is 0.254 e. The number of piperazine rings is 1. The summed E-state index contributed by atoms with van der Waals surface area (Å²) in [6.45, 7) is 11.2. The van der Waals surface area contributed by atoms with Gasteiger partial charge in [0.1, 0.15) is 5.75 Å². The number of hydrogen-bond acceptors (Lipinski definition) is 7. The molecule has 0 bridgehead atoms. The topological polar surface area (TPSA) is 126 Å². The van der Waals surface area contributed by atoms with Crippen molar-refractivity contribution in [3.63, 3.8) is 0 Å². The number of benzene rings is 2. The van der Waals surface area contributed by atoms with E-state index in [0.717, 1.165) is 43.3 Å². The van der Waals surface area contributed by atoms with Crippen molar-refractivity contribution < 1.29 is 22.7 Å². The average Bonchev–Trinajstić information content (AvgIpc) is 3.74. The van der Waals surface area contributed by atoms with Crippen LogP contribution in [0.2, 0.25) is 0 Å². The number of rotatable bonds is 10. The molecule has 2 fully saturated rings. The van der Waals surface area contributed by atoms with Gasteiger partial charge in [-0.05, 0) is 82.1 Å². The minimum atomic E-state index is -3.76. The highest BCUT2D eigenvalue weighted by Gasteiger charge is 2.30. The van der Waals surface area contributed by atoms with Gasteiger partial charge in [-0.15, -0.1) is 0 Å². The van der Waals surface area contributed by atoms with E-state index in [4.69, 9.17) is 9.84 Å².